The summed E-state index contributed by atoms with van der Waals surface area (Å²) < 4.78 is 10.1. The van der Waals surface area contributed by atoms with Crippen molar-refractivity contribution in [2.45, 2.75) is 37.3 Å². The maximum absolute atomic E-state index is 12.3. The van der Waals surface area contributed by atoms with Crippen molar-refractivity contribution in [1.29, 1.82) is 0 Å². The highest BCUT2D eigenvalue weighted by atomic mass is 17.2. The molecule has 196 valence electrons. The van der Waals surface area contributed by atoms with Crippen molar-refractivity contribution in [3.63, 3.8) is 0 Å². The van der Waals surface area contributed by atoms with Crippen molar-refractivity contribution in [3.8, 4) is 23.0 Å². The van der Waals surface area contributed by atoms with Crippen LogP contribution in [0.4, 0.5) is 0 Å². The molecule has 1 aliphatic rings. The highest BCUT2D eigenvalue weighted by Crippen LogP contribution is 2.33. The summed E-state index contributed by atoms with van der Waals surface area (Å²) in [6.45, 7) is 0.0566. The van der Waals surface area contributed by atoms with Gasteiger partial charge in [0.1, 0.15) is 12.2 Å². The van der Waals surface area contributed by atoms with Crippen LogP contribution >= 0.6 is 0 Å². The minimum atomic E-state index is -1.93. The van der Waals surface area contributed by atoms with Crippen LogP contribution in [-0.4, -0.2) is 61.9 Å². The third kappa shape index (κ3) is 7.72. The summed E-state index contributed by atoms with van der Waals surface area (Å²) in [5, 5.41) is 48.2. The third-order valence-corrected chi connectivity index (χ3v) is 5.37. The Labute approximate surface area is 210 Å². The number of carbonyl (C=O) groups is 3. The van der Waals surface area contributed by atoms with E-state index in [0.717, 1.165) is 12.2 Å². The highest BCUT2D eigenvalue weighted by molar-refractivity contribution is 5.87. The van der Waals surface area contributed by atoms with E-state index in [1.54, 1.807) is 0 Å². The monoisotopic (exact) mass is 516 g/mol. The first kappa shape index (κ1) is 27.0. The van der Waals surface area contributed by atoms with Gasteiger partial charge < -0.3 is 35.0 Å². The van der Waals surface area contributed by atoms with E-state index in [1.807, 2.05) is 0 Å². The summed E-state index contributed by atoms with van der Waals surface area (Å²) in [5.41, 5.74) is 0.777. The van der Waals surface area contributed by atoms with E-state index in [1.165, 1.54) is 48.6 Å². The van der Waals surface area contributed by atoms with Gasteiger partial charge >= 0.3 is 11.9 Å². The summed E-state index contributed by atoms with van der Waals surface area (Å²) in [6.07, 6.45) is 1.98. The minimum absolute atomic E-state index is 0.00520. The molecule has 0 aliphatic heterocycles. The number of hydrogen-bond acceptors (Lipinski definition) is 12. The number of rotatable bonds is 9. The van der Waals surface area contributed by atoms with Crippen LogP contribution in [0.2, 0.25) is 0 Å². The second-order valence-electron chi connectivity index (χ2n) is 8.08. The zero-order valence-corrected chi connectivity index (χ0v) is 19.2. The summed E-state index contributed by atoms with van der Waals surface area (Å²) >= 11 is 0. The van der Waals surface area contributed by atoms with Gasteiger partial charge in [-0.3, -0.25) is 9.68 Å². The number of esters is 1. The van der Waals surface area contributed by atoms with Crippen molar-refractivity contribution in [2.24, 2.45) is 0 Å². The lowest BCUT2D eigenvalue weighted by molar-refractivity contribution is -0.335. The van der Waals surface area contributed by atoms with Gasteiger partial charge in [0.15, 0.2) is 23.0 Å². The first-order valence-electron chi connectivity index (χ1n) is 10.9. The first-order valence-corrected chi connectivity index (χ1v) is 10.9. The van der Waals surface area contributed by atoms with E-state index >= 15 is 0 Å². The standard InChI is InChI=1S/C25H24O12/c26-14-34-25(33)10-9-21(35-23(31)7-3-15-1-5-17(27)19(29)11-15)22(13-25)36-37-24(32)8-4-16-2-6-18(28)20(30)12-16/h1-8,11-12,14,21-22,27-30,33H,9-10,13H2/b7-3+,8-4+. The van der Waals surface area contributed by atoms with E-state index in [9.17, 15) is 39.9 Å². The van der Waals surface area contributed by atoms with Gasteiger partial charge in [-0.05, 0) is 54.0 Å². The van der Waals surface area contributed by atoms with E-state index < -0.39 is 29.9 Å². The molecule has 3 atom stereocenters. The van der Waals surface area contributed by atoms with E-state index in [0.29, 0.717) is 11.1 Å². The Bertz CT molecular complexity index is 1200. The van der Waals surface area contributed by atoms with Crippen LogP contribution in [0.25, 0.3) is 12.2 Å². The highest BCUT2D eigenvalue weighted by Gasteiger charge is 2.44. The van der Waals surface area contributed by atoms with Crippen LogP contribution in [0.1, 0.15) is 30.4 Å². The molecule has 2 aromatic carbocycles. The van der Waals surface area contributed by atoms with E-state index in [-0.39, 0.29) is 48.7 Å². The third-order valence-electron chi connectivity index (χ3n) is 5.37. The summed E-state index contributed by atoms with van der Waals surface area (Å²) in [4.78, 5) is 45.0. The fourth-order valence-electron chi connectivity index (χ4n) is 3.47. The molecule has 3 unspecified atom stereocenters. The normalized spacial score (nSPS) is 21.5. The molecule has 0 heterocycles. The van der Waals surface area contributed by atoms with E-state index in [2.05, 4.69) is 0 Å². The molecule has 0 radical (unpaired) electrons. The SMILES string of the molecule is O=COC1(O)CCC(OC(=O)/C=C/c2ccc(O)c(O)c2)C(OOC(=O)/C=C/c2ccc(O)c(O)c2)C1. The largest absolute Gasteiger partial charge is 0.504 e. The molecule has 5 N–H and O–H groups in total. The summed E-state index contributed by atoms with van der Waals surface area (Å²) in [6, 6.07) is 7.79. The van der Waals surface area contributed by atoms with Crippen molar-refractivity contribution in [1.82, 2.24) is 0 Å². The average molecular weight is 516 g/mol. The van der Waals surface area contributed by atoms with Gasteiger partial charge in [0, 0.05) is 25.0 Å². The predicted molar refractivity (Wildman–Crippen MR) is 124 cm³/mol. The molecule has 0 saturated heterocycles. The lowest BCUT2D eigenvalue weighted by Gasteiger charge is -2.37. The summed E-state index contributed by atoms with van der Waals surface area (Å²) in [7, 11) is 0. The van der Waals surface area contributed by atoms with Crippen LogP contribution in [-0.2, 0) is 33.6 Å². The molecular formula is C25H24O12. The molecule has 12 heteroatoms. The lowest BCUT2D eigenvalue weighted by Crippen LogP contribution is -2.48. The van der Waals surface area contributed by atoms with Crippen molar-refractivity contribution in [2.75, 3.05) is 0 Å². The maximum Gasteiger partial charge on any atom is 0.365 e. The van der Waals surface area contributed by atoms with Crippen LogP contribution in [0.3, 0.4) is 0 Å². The molecular weight excluding hydrogens is 492 g/mol. The molecule has 3 rings (SSSR count). The van der Waals surface area contributed by atoms with Gasteiger partial charge in [0.25, 0.3) is 6.47 Å². The number of ether oxygens (including phenoxy) is 2. The molecule has 12 nitrogen and oxygen atoms in total. The van der Waals surface area contributed by atoms with Crippen molar-refractivity contribution in [3.05, 3.63) is 59.7 Å². The Morgan fingerprint density at radius 3 is 1.95 bits per heavy atom. The van der Waals surface area contributed by atoms with Crippen LogP contribution in [0.5, 0.6) is 23.0 Å². The van der Waals surface area contributed by atoms with Gasteiger partial charge in [-0.2, -0.15) is 4.89 Å². The Hall–Kier alpha value is -4.55. The van der Waals surface area contributed by atoms with Gasteiger partial charge in [0.05, 0.1) is 0 Å². The van der Waals surface area contributed by atoms with Gasteiger partial charge in [-0.1, -0.05) is 12.1 Å². The number of phenolic OH excluding ortho intramolecular Hbond substituents is 4. The topological polar surface area (TPSA) is 189 Å². The molecule has 0 spiro atoms. The van der Waals surface area contributed by atoms with Gasteiger partial charge in [-0.25, -0.2) is 9.59 Å². The molecule has 0 aromatic heterocycles. The second-order valence-corrected chi connectivity index (χ2v) is 8.08. The van der Waals surface area contributed by atoms with Crippen molar-refractivity contribution < 1.29 is 59.2 Å². The van der Waals surface area contributed by atoms with Gasteiger partial charge in [-0.15, -0.1) is 0 Å². The Morgan fingerprint density at radius 2 is 1.41 bits per heavy atom. The Balaban J connectivity index is 1.63. The fourth-order valence-corrected chi connectivity index (χ4v) is 3.47. The molecule has 0 amide bonds. The fraction of sp³-hybridized carbons (Fsp3) is 0.240. The van der Waals surface area contributed by atoms with Crippen molar-refractivity contribution >= 4 is 30.6 Å². The smallest absolute Gasteiger partial charge is 0.365 e. The molecule has 1 aliphatic carbocycles. The van der Waals surface area contributed by atoms with Crippen LogP contribution < -0.4 is 0 Å². The molecule has 2 aromatic rings. The Morgan fingerprint density at radius 1 is 0.838 bits per heavy atom. The second kappa shape index (κ2) is 11.9. The van der Waals surface area contributed by atoms with Gasteiger partial charge in [0.2, 0.25) is 5.79 Å². The Kier molecular flexibility index (Phi) is 8.72. The van der Waals surface area contributed by atoms with Crippen LogP contribution in [0.15, 0.2) is 48.6 Å². The number of aliphatic hydroxyl groups is 1. The number of hydrogen-bond donors (Lipinski definition) is 5. The number of carbonyl (C=O) groups excluding carboxylic acids is 3. The molecule has 37 heavy (non-hydrogen) atoms. The molecule has 1 fully saturated rings. The van der Waals surface area contributed by atoms with E-state index in [4.69, 9.17) is 19.2 Å². The number of benzene rings is 2. The predicted octanol–water partition coefficient (Wildman–Crippen LogP) is 2.04. The zero-order chi connectivity index (χ0) is 27.0. The quantitative estimate of drug-likeness (QED) is 0.0621. The summed E-state index contributed by atoms with van der Waals surface area (Å²) in [5.74, 6) is -5.13. The van der Waals surface area contributed by atoms with Crippen LogP contribution in [0, 0.1) is 0 Å². The average Bonchev–Trinajstić information content (AvgIpc) is 2.85. The number of phenols is 4. The number of aromatic hydroxyl groups is 4. The molecule has 0 bridgehead atoms. The first-order chi connectivity index (χ1) is 17.6. The molecule has 1 saturated carbocycles. The lowest BCUT2D eigenvalue weighted by atomic mass is 9.89. The zero-order valence-electron chi connectivity index (χ0n) is 19.2. The minimum Gasteiger partial charge on any atom is -0.504 e. The maximum atomic E-state index is 12.3.